The van der Waals surface area contributed by atoms with Gasteiger partial charge in [-0.3, -0.25) is 14.1 Å². The van der Waals surface area contributed by atoms with Crippen LogP contribution in [-0.4, -0.2) is 32.1 Å². The van der Waals surface area contributed by atoms with E-state index >= 15 is 0 Å². The van der Waals surface area contributed by atoms with Crippen molar-refractivity contribution in [3.63, 3.8) is 0 Å². The molecule has 1 heterocycles. The minimum absolute atomic E-state index is 0.222. The lowest BCUT2D eigenvalue weighted by atomic mass is 10.3. The third kappa shape index (κ3) is 4.94. The Kier molecular flexibility index (Phi) is 5.57. The van der Waals surface area contributed by atoms with Crippen LogP contribution < -0.4 is 9.62 Å². The van der Waals surface area contributed by atoms with Crippen molar-refractivity contribution in [1.29, 1.82) is 0 Å². The molecule has 0 radical (unpaired) electrons. The molecule has 23 heavy (non-hydrogen) atoms. The van der Waals surface area contributed by atoms with Crippen LogP contribution >= 0.6 is 11.6 Å². The molecule has 1 aromatic heterocycles. The second-order valence-electron chi connectivity index (χ2n) is 4.82. The SMILES string of the molecule is CS(=O)(=O)N(CC(=O)NCc1ccccn1)c1ccccc1Cl. The van der Waals surface area contributed by atoms with Gasteiger partial charge in [0.1, 0.15) is 6.54 Å². The number of carbonyl (C=O) groups excluding carboxylic acids is 1. The van der Waals surface area contributed by atoms with Gasteiger partial charge < -0.3 is 5.32 Å². The molecule has 0 spiro atoms. The first-order chi connectivity index (χ1) is 10.9. The van der Waals surface area contributed by atoms with E-state index in [2.05, 4.69) is 10.3 Å². The predicted molar refractivity (Wildman–Crippen MR) is 89.7 cm³/mol. The Morgan fingerprint density at radius 3 is 2.52 bits per heavy atom. The van der Waals surface area contributed by atoms with Crippen molar-refractivity contribution >= 4 is 33.2 Å². The van der Waals surface area contributed by atoms with Gasteiger partial charge in [-0.15, -0.1) is 0 Å². The molecular weight excluding hydrogens is 338 g/mol. The Bertz CT molecular complexity index is 782. The Hall–Kier alpha value is -2.12. The first kappa shape index (κ1) is 17.2. The molecule has 0 atom stereocenters. The molecule has 1 N–H and O–H groups in total. The number of aromatic nitrogens is 1. The van der Waals surface area contributed by atoms with Gasteiger partial charge in [0.05, 0.1) is 29.2 Å². The number of halogens is 1. The predicted octanol–water partition coefficient (Wildman–Crippen LogP) is 1.82. The van der Waals surface area contributed by atoms with Crippen LogP contribution in [0.4, 0.5) is 5.69 Å². The van der Waals surface area contributed by atoms with Gasteiger partial charge in [-0.1, -0.05) is 29.8 Å². The fourth-order valence-electron chi connectivity index (χ4n) is 1.91. The van der Waals surface area contributed by atoms with Gasteiger partial charge in [-0.25, -0.2) is 8.42 Å². The number of hydrogen-bond donors (Lipinski definition) is 1. The zero-order valence-corrected chi connectivity index (χ0v) is 14.0. The molecule has 2 rings (SSSR count). The van der Waals surface area contributed by atoms with Gasteiger partial charge in [0.25, 0.3) is 0 Å². The van der Waals surface area contributed by atoms with Crippen LogP contribution in [0, 0.1) is 0 Å². The quantitative estimate of drug-likeness (QED) is 0.859. The summed E-state index contributed by atoms with van der Waals surface area (Å²) in [5, 5.41) is 2.90. The van der Waals surface area contributed by atoms with Crippen LogP contribution in [0.3, 0.4) is 0 Å². The summed E-state index contributed by atoms with van der Waals surface area (Å²) in [6.45, 7) is -0.130. The highest BCUT2D eigenvalue weighted by atomic mass is 35.5. The van der Waals surface area contributed by atoms with E-state index in [1.165, 1.54) is 0 Å². The molecule has 0 saturated heterocycles. The molecule has 1 aromatic carbocycles. The molecule has 1 amide bonds. The number of para-hydroxylation sites is 1. The maximum absolute atomic E-state index is 12.1. The number of nitrogens with zero attached hydrogens (tertiary/aromatic N) is 2. The van der Waals surface area contributed by atoms with Gasteiger partial charge in [0.2, 0.25) is 15.9 Å². The fraction of sp³-hybridized carbons (Fsp3) is 0.200. The monoisotopic (exact) mass is 353 g/mol. The number of sulfonamides is 1. The standard InChI is InChI=1S/C15H16ClN3O3S/c1-23(21,22)19(14-8-3-2-7-13(14)16)11-15(20)18-10-12-6-4-5-9-17-12/h2-9H,10-11H2,1H3,(H,18,20). The van der Waals surface area contributed by atoms with Crippen molar-refractivity contribution in [2.24, 2.45) is 0 Å². The van der Waals surface area contributed by atoms with Crippen LogP contribution in [0.5, 0.6) is 0 Å². The number of pyridine rings is 1. The molecule has 0 aliphatic carbocycles. The first-order valence-electron chi connectivity index (χ1n) is 6.77. The molecular formula is C15H16ClN3O3S. The van der Waals surface area contributed by atoms with Gasteiger partial charge in [-0.05, 0) is 24.3 Å². The highest BCUT2D eigenvalue weighted by molar-refractivity contribution is 7.92. The Labute approximate surface area is 140 Å². The van der Waals surface area contributed by atoms with E-state index < -0.39 is 15.9 Å². The maximum atomic E-state index is 12.1. The molecule has 2 aromatic rings. The number of hydrogen-bond acceptors (Lipinski definition) is 4. The largest absolute Gasteiger partial charge is 0.349 e. The first-order valence-corrected chi connectivity index (χ1v) is 8.99. The molecule has 0 aliphatic heterocycles. The second-order valence-corrected chi connectivity index (χ2v) is 7.13. The van der Waals surface area contributed by atoms with E-state index in [1.807, 2.05) is 0 Å². The molecule has 0 unspecified atom stereocenters. The summed E-state index contributed by atoms with van der Waals surface area (Å²) < 4.78 is 24.9. The maximum Gasteiger partial charge on any atom is 0.241 e. The zero-order valence-electron chi connectivity index (χ0n) is 12.4. The Morgan fingerprint density at radius 1 is 1.22 bits per heavy atom. The second kappa shape index (κ2) is 7.43. The molecule has 0 saturated carbocycles. The van der Waals surface area contributed by atoms with Crippen LogP contribution in [0.2, 0.25) is 5.02 Å². The van der Waals surface area contributed by atoms with Crippen LogP contribution in [0.1, 0.15) is 5.69 Å². The fourth-order valence-corrected chi connectivity index (χ4v) is 3.07. The third-order valence-corrected chi connectivity index (χ3v) is 4.45. The number of amides is 1. The number of rotatable bonds is 6. The smallest absolute Gasteiger partial charge is 0.241 e. The normalized spacial score (nSPS) is 11.0. The van der Waals surface area contributed by atoms with Crippen molar-refractivity contribution in [3.8, 4) is 0 Å². The van der Waals surface area contributed by atoms with E-state index in [0.717, 1.165) is 10.6 Å². The summed E-state index contributed by atoms with van der Waals surface area (Å²) in [5.74, 6) is -0.444. The summed E-state index contributed by atoms with van der Waals surface area (Å²) in [7, 11) is -3.65. The average molecular weight is 354 g/mol. The summed E-state index contributed by atoms with van der Waals surface area (Å²) in [4.78, 5) is 16.2. The van der Waals surface area contributed by atoms with Crippen molar-refractivity contribution in [1.82, 2.24) is 10.3 Å². The van der Waals surface area contributed by atoms with Crippen LogP contribution in [0.15, 0.2) is 48.7 Å². The van der Waals surface area contributed by atoms with E-state index in [0.29, 0.717) is 5.69 Å². The minimum atomic E-state index is -3.65. The molecule has 8 heteroatoms. The van der Waals surface area contributed by atoms with Crippen molar-refractivity contribution in [2.75, 3.05) is 17.1 Å². The summed E-state index contributed by atoms with van der Waals surface area (Å²) in [6.07, 6.45) is 2.65. The number of benzene rings is 1. The Morgan fingerprint density at radius 2 is 1.91 bits per heavy atom. The van der Waals surface area contributed by atoms with E-state index in [-0.39, 0.29) is 23.8 Å². The van der Waals surface area contributed by atoms with Gasteiger partial charge in [0, 0.05) is 6.20 Å². The molecule has 6 nitrogen and oxygen atoms in total. The molecule has 0 fully saturated rings. The molecule has 122 valence electrons. The van der Waals surface area contributed by atoms with Gasteiger partial charge in [0.15, 0.2) is 0 Å². The van der Waals surface area contributed by atoms with Crippen molar-refractivity contribution in [2.45, 2.75) is 6.54 Å². The lowest BCUT2D eigenvalue weighted by molar-refractivity contribution is -0.119. The van der Waals surface area contributed by atoms with Crippen LogP contribution in [0.25, 0.3) is 0 Å². The lowest BCUT2D eigenvalue weighted by Crippen LogP contribution is -2.40. The molecule has 0 aliphatic rings. The van der Waals surface area contributed by atoms with Crippen molar-refractivity contribution < 1.29 is 13.2 Å². The highest BCUT2D eigenvalue weighted by Gasteiger charge is 2.22. The Balaban J connectivity index is 2.10. The average Bonchev–Trinajstić information content (AvgIpc) is 2.51. The number of carbonyl (C=O) groups is 1. The molecule has 0 bridgehead atoms. The number of nitrogens with one attached hydrogen (secondary N) is 1. The van der Waals surface area contributed by atoms with E-state index in [1.54, 1.807) is 48.7 Å². The van der Waals surface area contributed by atoms with E-state index in [4.69, 9.17) is 11.6 Å². The topological polar surface area (TPSA) is 79.4 Å². The van der Waals surface area contributed by atoms with Crippen molar-refractivity contribution in [3.05, 3.63) is 59.4 Å². The van der Waals surface area contributed by atoms with Crippen LogP contribution in [-0.2, 0) is 21.4 Å². The van der Waals surface area contributed by atoms with Gasteiger partial charge >= 0.3 is 0 Å². The minimum Gasteiger partial charge on any atom is -0.349 e. The zero-order chi connectivity index (χ0) is 16.9. The summed E-state index contributed by atoms with van der Waals surface area (Å²) in [6, 6.07) is 11.8. The van der Waals surface area contributed by atoms with Gasteiger partial charge in [-0.2, -0.15) is 0 Å². The number of anilines is 1. The summed E-state index contributed by atoms with van der Waals surface area (Å²) in [5.41, 5.74) is 0.953. The summed E-state index contributed by atoms with van der Waals surface area (Å²) >= 11 is 6.03. The van der Waals surface area contributed by atoms with E-state index in [9.17, 15) is 13.2 Å². The third-order valence-electron chi connectivity index (χ3n) is 3.00. The lowest BCUT2D eigenvalue weighted by Gasteiger charge is -2.22. The highest BCUT2D eigenvalue weighted by Crippen LogP contribution is 2.26.